The summed E-state index contributed by atoms with van der Waals surface area (Å²) < 4.78 is 5.44. The molecule has 0 saturated carbocycles. The Morgan fingerprint density at radius 3 is 2.59 bits per heavy atom. The molecule has 0 radical (unpaired) electrons. The van der Waals surface area contributed by atoms with Gasteiger partial charge in [-0.15, -0.1) is 0 Å². The fraction of sp³-hybridized carbons (Fsp3) is 0.391. The minimum atomic E-state index is -0.225. The predicted molar refractivity (Wildman–Crippen MR) is 114 cm³/mol. The van der Waals surface area contributed by atoms with Crippen LogP contribution in [0.1, 0.15) is 32.3 Å². The van der Waals surface area contributed by atoms with E-state index < -0.39 is 0 Å². The van der Waals surface area contributed by atoms with E-state index in [4.69, 9.17) is 4.74 Å². The van der Waals surface area contributed by atoms with Crippen molar-refractivity contribution in [2.24, 2.45) is 0 Å². The molecule has 1 heterocycles. The van der Waals surface area contributed by atoms with E-state index in [1.807, 2.05) is 56.3 Å². The molecule has 2 aromatic rings. The van der Waals surface area contributed by atoms with Gasteiger partial charge in [0.15, 0.2) is 0 Å². The maximum atomic E-state index is 12.4. The number of rotatable bonds is 8. The lowest BCUT2D eigenvalue weighted by Gasteiger charge is -2.19. The van der Waals surface area contributed by atoms with Crippen LogP contribution in [0.4, 0.5) is 10.5 Å². The number of benzene rings is 2. The van der Waals surface area contributed by atoms with Crippen molar-refractivity contribution in [3.63, 3.8) is 0 Å². The molecule has 2 atom stereocenters. The lowest BCUT2D eigenvalue weighted by Crippen LogP contribution is -2.46. The highest BCUT2D eigenvalue weighted by atomic mass is 16.5. The molecule has 0 bridgehead atoms. The monoisotopic (exact) mass is 395 g/mol. The van der Waals surface area contributed by atoms with Crippen molar-refractivity contribution in [3.8, 4) is 5.75 Å². The van der Waals surface area contributed by atoms with Gasteiger partial charge in [0, 0.05) is 24.7 Å². The molecule has 3 rings (SSSR count). The highest BCUT2D eigenvalue weighted by Gasteiger charge is 2.31. The fourth-order valence-corrected chi connectivity index (χ4v) is 3.49. The molecule has 2 N–H and O–H groups in total. The molecule has 0 aromatic heterocycles. The van der Waals surface area contributed by atoms with Crippen LogP contribution in [0.25, 0.3) is 0 Å². The number of hydrogen-bond acceptors (Lipinski definition) is 3. The summed E-state index contributed by atoms with van der Waals surface area (Å²) in [5.74, 6) is 0.790. The van der Waals surface area contributed by atoms with Crippen molar-refractivity contribution < 1.29 is 14.3 Å². The van der Waals surface area contributed by atoms with Crippen LogP contribution in [-0.2, 0) is 11.2 Å². The van der Waals surface area contributed by atoms with Crippen LogP contribution in [0.2, 0.25) is 0 Å². The van der Waals surface area contributed by atoms with Gasteiger partial charge in [-0.1, -0.05) is 30.3 Å². The van der Waals surface area contributed by atoms with Crippen LogP contribution in [0.3, 0.4) is 0 Å². The van der Waals surface area contributed by atoms with Crippen LogP contribution < -0.4 is 20.3 Å². The fourth-order valence-electron chi connectivity index (χ4n) is 3.49. The van der Waals surface area contributed by atoms with Gasteiger partial charge in [0.05, 0.1) is 12.6 Å². The third-order valence-electron chi connectivity index (χ3n) is 5.01. The second-order valence-electron chi connectivity index (χ2n) is 7.38. The summed E-state index contributed by atoms with van der Waals surface area (Å²) in [5, 5.41) is 5.90. The number of nitrogens with one attached hydrogen (secondary N) is 2. The van der Waals surface area contributed by atoms with E-state index in [0.29, 0.717) is 19.6 Å². The Kier molecular flexibility index (Phi) is 7.11. The number of urea groups is 1. The van der Waals surface area contributed by atoms with Crippen LogP contribution in [-0.4, -0.2) is 37.2 Å². The Hall–Kier alpha value is -3.02. The molecule has 1 aliphatic rings. The molecule has 0 unspecified atom stereocenters. The molecular weight excluding hydrogens is 366 g/mol. The first kappa shape index (κ1) is 20.7. The van der Waals surface area contributed by atoms with Crippen molar-refractivity contribution in [2.45, 2.75) is 45.2 Å². The summed E-state index contributed by atoms with van der Waals surface area (Å²) >= 11 is 0. The Morgan fingerprint density at radius 2 is 1.90 bits per heavy atom. The number of anilines is 1. The zero-order valence-electron chi connectivity index (χ0n) is 17.1. The van der Waals surface area contributed by atoms with E-state index in [0.717, 1.165) is 24.3 Å². The van der Waals surface area contributed by atoms with Crippen LogP contribution in [0, 0.1) is 0 Å². The molecule has 3 amide bonds. The van der Waals surface area contributed by atoms with Crippen LogP contribution in [0.5, 0.6) is 5.75 Å². The molecule has 1 fully saturated rings. The van der Waals surface area contributed by atoms with Crippen LogP contribution >= 0.6 is 0 Å². The maximum Gasteiger partial charge on any atom is 0.315 e. The van der Waals surface area contributed by atoms with Gasteiger partial charge in [0.1, 0.15) is 5.75 Å². The summed E-state index contributed by atoms with van der Waals surface area (Å²) in [5.41, 5.74) is 2.08. The predicted octanol–water partition coefficient (Wildman–Crippen LogP) is 3.51. The average Bonchev–Trinajstić information content (AvgIpc) is 3.08. The highest BCUT2D eigenvalue weighted by molar-refractivity contribution is 5.96. The molecule has 2 aromatic carbocycles. The van der Waals surface area contributed by atoms with Gasteiger partial charge in [-0.05, 0) is 56.5 Å². The SMILES string of the molecule is CCOc1ccc(N2C[C@H](NC(=O)N[C@@H](C)CCc3ccccc3)CC2=O)cc1. The molecule has 154 valence electrons. The normalized spacial score (nSPS) is 17.1. The molecule has 6 nitrogen and oxygen atoms in total. The van der Waals surface area contributed by atoms with Crippen molar-refractivity contribution in [2.75, 3.05) is 18.1 Å². The molecule has 6 heteroatoms. The van der Waals surface area contributed by atoms with E-state index in [2.05, 4.69) is 22.8 Å². The second-order valence-corrected chi connectivity index (χ2v) is 7.38. The number of hydrogen-bond donors (Lipinski definition) is 2. The molecule has 0 spiro atoms. The van der Waals surface area contributed by atoms with E-state index in [1.54, 1.807) is 4.90 Å². The van der Waals surface area contributed by atoms with Gasteiger partial charge < -0.3 is 20.3 Å². The Balaban J connectivity index is 1.45. The second kappa shape index (κ2) is 9.96. The maximum absolute atomic E-state index is 12.4. The topological polar surface area (TPSA) is 70.7 Å². The number of nitrogens with zero attached hydrogens (tertiary/aromatic N) is 1. The first-order valence-electron chi connectivity index (χ1n) is 10.2. The number of aryl methyl sites for hydroxylation is 1. The van der Waals surface area contributed by atoms with Gasteiger partial charge in [-0.2, -0.15) is 0 Å². The van der Waals surface area contributed by atoms with Crippen molar-refractivity contribution in [1.82, 2.24) is 10.6 Å². The van der Waals surface area contributed by atoms with Gasteiger partial charge in [0.25, 0.3) is 0 Å². The zero-order chi connectivity index (χ0) is 20.6. The minimum absolute atomic E-state index is 0.0107. The smallest absolute Gasteiger partial charge is 0.315 e. The third-order valence-corrected chi connectivity index (χ3v) is 5.01. The standard InChI is InChI=1S/C23H29N3O3/c1-3-29-21-13-11-20(12-14-21)26-16-19(15-22(26)27)25-23(28)24-17(2)9-10-18-7-5-4-6-8-18/h4-8,11-14,17,19H,3,9-10,15-16H2,1-2H3,(H2,24,25,28)/t17-,19+/m0/s1. The molecular formula is C23H29N3O3. The van der Waals surface area contributed by atoms with Crippen molar-refractivity contribution >= 4 is 17.6 Å². The lowest BCUT2D eigenvalue weighted by atomic mass is 10.1. The third kappa shape index (κ3) is 5.98. The summed E-state index contributed by atoms with van der Waals surface area (Å²) in [4.78, 5) is 26.4. The van der Waals surface area contributed by atoms with Crippen molar-refractivity contribution in [1.29, 1.82) is 0 Å². The van der Waals surface area contributed by atoms with E-state index in [1.165, 1.54) is 5.56 Å². The van der Waals surface area contributed by atoms with Gasteiger partial charge >= 0.3 is 6.03 Å². The van der Waals surface area contributed by atoms with E-state index in [9.17, 15) is 9.59 Å². The molecule has 1 saturated heterocycles. The van der Waals surface area contributed by atoms with Crippen LogP contribution in [0.15, 0.2) is 54.6 Å². The molecule has 1 aliphatic heterocycles. The number of carbonyl (C=O) groups excluding carboxylic acids is 2. The van der Waals surface area contributed by atoms with Gasteiger partial charge in [-0.3, -0.25) is 4.79 Å². The largest absolute Gasteiger partial charge is 0.494 e. The average molecular weight is 396 g/mol. The Morgan fingerprint density at radius 1 is 1.17 bits per heavy atom. The zero-order valence-corrected chi connectivity index (χ0v) is 17.1. The first-order chi connectivity index (χ1) is 14.0. The highest BCUT2D eigenvalue weighted by Crippen LogP contribution is 2.24. The Labute approximate surface area is 172 Å². The minimum Gasteiger partial charge on any atom is -0.494 e. The number of ether oxygens (including phenoxy) is 1. The first-order valence-corrected chi connectivity index (χ1v) is 10.2. The summed E-state index contributed by atoms with van der Waals surface area (Å²) in [7, 11) is 0. The number of amides is 3. The Bertz CT molecular complexity index is 808. The van der Waals surface area contributed by atoms with E-state index >= 15 is 0 Å². The summed E-state index contributed by atoms with van der Waals surface area (Å²) in [6, 6.07) is 17.3. The van der Waals surface area contributed by atoms with Crippen molar-refractivity contribution in [3.05, 3.63) is 60.2 Å². The van der Waals surface area contributed by atoms with Gasteiger partial charge in [-0.25, -0.2) is 4.79 Å². The molecule has 0 aliphatic carbocycles. The number of carbonyl (C=O) groups is 2. The summed E-state index contributed by atoms with van der Waals surface area (Å²) in [6.07, 6.45) is 2.08. The van der Waals surface area contributed by atoms with Gasteiger partial charge in [0.2, 0.25) is 5.91 Å². The molecule has 29 heavy (non-hydrogen) atoms. The lowest BCUT2D eigenvalue weighted by molar-refractivity contribution is -0.117. The quantitative estimate of drug-likeness (QED) is 0.719. The van der Waals surface area contributed by atoms with E-state index in [-0.39, 0.29) is 24.0 Å². The summed E-state index contributed by atoms with van der Waals surface area (Å²) in [6.45, 7) is 5.00.